The summed E-state index contributed by atoms with van der Waals surface area (Å²) in [5.41, 5.74) is 0. The van der Waals surface area contributed by atoms with Gasteiger partial charge in [-0.25, -0.2) is 0 Å². The number of hydrogen-bond acceptors (Lipinski definition) is 4. The summed E-state index contributed by atoms with van der Waals surface area (Å²) in [7, 11) is 0. The molecule has 0 radical (unpaired) electrons. The number of aromatic nitrogens is 2. The second kappa shape index (κ2) is 2.21. The average Bonchev–Trinajstić information content (AvgIpc) is 2.12. The maximum atomic E-state index is 10.3. The van der Waals surface area contributed by atoms with Gasteiger partial charge in [-0.05, 0) is 0 Å². The van der Waals surface area contributed by atoms with E-state index >= 15 is 0 Å². The van der Waals surface area contributed by atoms with Gasteiger partial charge in [0.25, 0.3) is 9.68 Å². The molecule has 0 atom stereocenters. The normalized spacial score (nSPS) is 9.12. The van der Waals surface area contributed by atoms with Gasteiger partial charge in [0.05, 0.1) is 0 Å². The standard InChI is InChI=1S/C3HIN2O2/c4-2(7)3-6-5-1-8-3/h1H. The molecule has 1 heterocycles. The van der Waals surface area contributed by atoms with Crippen molar-refractivity contribution in [2.75, 3.05) is 0 Å². The van der Waals surface area contributed by atoms with Crippen LogP contribution in [0, 0.1) is 0 Å². The molecule has 0 spiro atoms. The first-order chi connectivity index (χ1) is 3.80. The molecule has 0 aliphatic rings. The van der Waals surface area contributed by atoms with Crippen LogP contribution in [-0.4, -0.2) is 14.0 Å². The van der Waals surface area contributed by atoms with Gasteiger partial charge in [0, 0.05) is 22.6 Å². The van der Waals surface area contributed by atoms with Gasteiger partial charge in [-0.1, -0.05) is 0 Å². The molecular formula is C3HIN2O2. The summed E-state index contributed by atoms with van der Waals surface area (Å²) >= 11 is 1.57. The molecule has 0 fully saturated rings. The van der Waals surface area contributed by atoms with Crippen molar-refractivity contribution in [3.8, 4) is 0 Å². The Morgan fingerprint density at radius 2 is 2.62 bits per heavy atom. The fourth-order valence-corrected chi connectivity index (χ4v) is 0.494. The van der Waals surface area contributed by atoms with Crippen molar-refractivity contribution >= 4 is 26.4 Å². The maximum Gasteiger partial charge on any atom is 0.294 e. The van der Waals surface area contributed by atoms with E-state index in [2.05, 4.69) is 14.6 Å². The molecule has 0 amide bonds. The van der Waals surface area contributed by atoms with Gasteiger partial charge in [-0.2, -0.15) is 0 Å². The molecule has 5 heteroatoms. The topological polar surface area (TPSA) is 56.0 Å². The third-order valence-corrected chi connectivity index (χ3v) is 0.990. The van der Waals surface area contributed by atoms with Gasteiger partial charge < -0.3 is 4.42 Å². The van der Waals surface area contributed by atoms with Crippen molar-refractivity contribution in [1.82, 2.24) is 10.2 Å². The van der Waals surface area contributed by atoms with E-state index in [0.29, 0.717) is 0 Å². The molecule has 0 aliphatic carbocycles. The third-order valence-electron chi connectivity index (χ3n) is 0.528. The van der Waals surface area contributed by atoms with Crippen LogP contribution < -0.4 is 0 Å². The Balaban J connectivity index is 2.93. The Labute approximate surface area is 58.4 Å². The minimum absolute atomic E-state index is 0.0469. The molecule has 0 saturated carbocycles. The highest BCUT2D eigenvalue weighted by atomic mass is 127. The molecule has 1 rings (SSSR count). The van der Waals surface area contributed by atoms with Crippen molar-refractivity contribution in [2.24, 2.45) is 0 Å². The highest BCUT2D eigenvalue weighted by Crippen LogP contribution is 1.98. The van der Waals surface area contributed by atoms with Gasteiger partial charge in [0.1, 0.15) is 0 Å². The van der Waals surface area contributed by atoms with E-state index in [1.54, 1.807) is 22.6 Å². The monoisotopic (exact) mass is 224 g/mol. The predicted octanol–water partition coefficient (Wildman–Crippen LogP) is 0.645. The first-order valence-electron chi connectivity index (χ1n) is 1.76. The van der Waals surface area contributed by atoms with Gasteiger partial charge in [0.2, 0.25) is 6.39 Å². The van der Waals surface area contributed by atoms with Crippen molar-refractivity contribution in [3.63, 3.8) is 0 Å². The molecule has 1 aromatic rings. The van der Waals surface area contributed by atoms with Crippen LogP contribution in [-0.2, 0) is 0 Å². The summed E-state index contributed by atoms with van der Waals surface area (Å²) in [5.74, 6) is 0.0469. The lowest BCUT2D eigenvalue weighted by atomic mass is 10.8. The number of halogens is 1. The van der Waals surface area contributed by atoms with Crippen molar-refractivity contribution in [3.05, 3.63) is 12.3 Å². The van der Waals surface area contributed by atoms with Gasteiger partial charge in [-0.3, -0.25) is 4.79 Å². The highest BCUT2D eigenvalue weighted by Gasteiger charge is 2.04. The molecule has 0 unspecified atom stereocenters. The fourth-order valence-electron chi connectivity index (χ4n) is 0.259. The smallest absolute Gasteiger partial charge is 0.294 e. The predicted molar refractivity (Wildman–Crippen MR) is 32.6 cm³/mol. The summed E-state index contributed by atoms with van der Waals surface area (Å²) in [6.07, 6.45) is 1.12. The van der Waals surface area contributed by atoms with Crippen LogP contribution in [0.25, 0.3) is 0 Å². The lowest BCUT2D eigenvalue weighted by Gasteiger charge is -1.73. The molecule has 0 aromatic carbocycles. The number of hydrogen-bond donors (Lipinski definition) is 0. The summed E-state index contributed by atoms with van der Waals surface area (Å²) in [5, 5.41) is 6.64. The summed E-state index contributed by atoms with van der Waals surface area (Å²) in [6.45, 7) is 0. The molecule has 0 aliphatic heterocycles. The third kappa shape index (κ3) is 1.03. The Morgan fingerprint density at radius 1 is 1.88 bits per heavy atom. The molecule has 4 nitrogen and oxygen atoms in total. The van der Waals surface area contributed by atoms with E-state index in [1.807, 2.05) is 0 Å². The minimum atomic E-state index is -0.236. The Kier molecular flexibility index (Phi) is 1.56. The molecule has 1 aromatic heterocycles. The van der Waals surface area contributed by atoms with Crippen LogP contribution in [0.1, 0.15) is 10.7 Å². The van der Waals surface area contributed by atoms with Gasteiger partial charge >= 0.3 is 0 Å². The maximum absolute atomic E-state index is 10.3. The van der Waals surface area contributed by atoms with Crippen molar-refractivity contribution < 1.29 is 9.21 Å². The Morgan fingerprint density at radius 3 is 2.88 bits per heavy atom. The molecule has 42 valence electrons. The lowest BCUT2D eigenvalue weighted by molar-refractivity contribution is 0.107. The van der Waals surface area contributed by atoms with Gasteiger partial charge in [-0.15, -0.1) is 10.2 Å². The number of rotatable bonds is 1. The zero-order chi connectivity index (χ0) is 5.98. The second-order valence-corrected chi connectivity index (χ2v) is 2.00. The number of carbonyl (C=O) groups excluding carboxylic acids is 1. The van der Waals surface area contributed by atoms with Crippen LogP contribution in [0.4, 0.5) is 0 Å². The summed E-state index contributed by atoms with van der Waals surface area (Å²) in [6, 6.07) is 0. The second-order valence-electron chi connectivity index (χ2n) is 1.02. The van der Waals surface area contributed by atoms with Crippen LogP contribution in [0.2, 0.25) is 0 Å². The van der Waals surface area contributed by atoms with E-state index in [0.717, 1.165) is 6.39 Å². The van der Waals surface area contributed by atoms with E-state index < -0.39 is 0 Å². The molecule has 8 heavy (non-hydrogen) atoms. The minimum Gasteiger partial charge on any atom is -0.421 e. The molecular weight excluding hydrogens is 223 g/mol. The van der Waals surface area contributed by atoms with Gasteiger partial charge in [0.15, 0.2) is 0 Å². The first-order valence-corrected chi connectivity index (χ1v) is 2.84. The quantitative estimate of drug-likeness (QED) is 0.518. The van der Waals surface area contributed by atoms with Crippen LogP contribution in [0.15, 0.2) is 10.8 Å². The lowest BCUT2D eigenvalue weighted by Crippen LogP contribution is -1.85. The average molecular weight is 224 g/mol. The SMILES string of the molecule is O=C(I)c1nnco1. The van der Waals surface area contributed by atoms with E-state index in [4.69, 9.17) is 0 Å². The van der Waals surface area contributed by atoms with Crippen molar-refractivity contribution in [1.29, 1.82) is 0 Å². The fraction of sp³-hybridized carbons (Fsp3) is 0. The van der Waals surface area contributed by atoms with E-state index in [1.165, 1.54) is 0 Å². The van der Waals surface area contributed by atoms with E-state index in [9.17, 15) is 4.79 Å². The Bertz CT molecular complexity index is 183. The zero-order valence-electron chi connectivity index (χ0n) is 3.67. The summed E-state index contributed by atoms with van der Waals surface area (Å²) in [4.78, 5) is 10.3. The molecule has 0 N–H and O–H groups in total. The first kappa shape index (κ1) is 5.67. The highest BCUT2D eigenvalue weighted by molar-refractivity contribution is 14.1. The van der Waals surface area contributed by atoms with Crippen molar-refractivity contribution in [2.45, 2.75) is 0 Å². The van der Waals surface area contributed by atoms with Crippen LogP contribution in [0.3, 0.4) is 0 Å². The summed E-state index contributed by atoms with van der Waals surface area (Å²) < 4.78 is 4.28. The number of carbonyl (C=O) groups is 1. The largest absolute Gasteiger partial charge is 0.421 e. The zero-order valence-corrected chi connectivity index (χ0v) is 5.82. The Hall–Kier alpha value is -0.460. The van der Waals surface area contributed by atoms with E-state index in [-0.39, 0.29) is 9.68 Å². The molecule has 0 saturated heterocycles. The number of nitrogens with zero attached hydrogens (tertiary/aromatic N) is 2. The van der Waals surface area contributed by atoms with Crippen LogP contribution in [0.5, 0.6) is 0 Å². The molecule has 0 bridgehead atoms. The van der Waals surface area contributed by atoms with Crippen LogP contribution >= 0.6 is 22.6 Å².